The minimum atomic E-state index is -0.849. The molecule has 2 fully saturated rings. The van der Waals surface area contributed by atoms with Gasteiger partial charge in [-0.3, -0.25) is 19.8 Å². The summed E-state index contributed by atoms with van der Waals surface area (Å²) in [5, 5.41) is 16.6. The number of piperidine rings is 1. The number of nitrogens with one attached hydrogen (secondary N) is 2. The summed E-state index contributed by atoms with van der Waals surface area (Å²) in [6.07, 6.45) is 5.02. The average Bonchev–Trinajstić information content (AvgIpc) is 3.12. The minimum Gasteiger partial charge on any atom is -0.379 e. The molecule has 5 N–H and O–H groups in total. The molecule has 2 aliphatic heterocycles. The standard InChI is InChI=1S/C25H34N4O4/c26-19-5-7-20(8-6-19)27-12-14-33-13-2-1-3-17-4-9-21-18(15-17)16-29(25(21)32)22-10-11-23(30)28-24(22)31/h4,9,15,19-20,22,25,27,32H,2,5-8,10-14,16,26H2,(H,28,30,31)/t19-,20-,22?,25?. The normalized spacial score (nSPS) is 27.6. The van der Waals surface area contributed by atoms with Crippen molar-refractivity contribution in [2.75, 3.05) is 19.8 Å². The first-order chi connectivity index (χ1) is 16.0. The molecule has 0 radical (unpaired) electrons. The Hall–Kier alpha value is -2.28. The number of hydrogen-bond acceptors (Lipinski definition) is 7. The molecule has 4 rings (SSSR count). The Bertz CT molecular complexity index is 917. The van der Waals surface area contributed by atoms with E-state index in [9.17, 15) is 14.7 Å². The smallest absolute Gasteiger partial charge is 0.244 e. The zero-order valence-corrected chi connectivity index (χ0v) is 19.0. The van der Waals surface area contributed by atoms with Crippen molar-refractivity contribution in [1.82, 2.24) is 15.5 Å². The van der Waals surface area contributed by atoms with Crippen molar-refractivity contribution < 1.29 is 19.4 Å². The Morgan fingerprint density at radius 3 is 2.79 bits per heavy atom. The maximum absolute atomic E-state index is 12.2. The summed E-state index contributed by atoms with van der Waals surface area (Å²) in [7, 11) is 0. The maximum atomic E-state index is 12.2. The van der Waals surface area contributed by atoms with E-state index in [0.29, 0.717) is 51.1 Å². The zero-order chi connectivity index (χ0) is 23.2. The van der Waals surface area contributed by atoms with Gasteiger partial charge in [-0.15, -0.1) is 0 Å². The molecule has 3 aliphatic rings. The number of hydrogen-bond donors (Lipinski definition) is 4. The molecule has 8 heteroatoms. The molecule has 1 saturated carbocycles. The van der Waals surface area contributed by atoms with E-state index in [4.69, 9.17) is 10.5 Å². The zero-order valence-electron chi connectivity index (χ0n) is 19.0. The molecule has 1 aliphatic carbocycles. The van der Waals surface area contributed by atoms with Crippen LogP contribution in [0.3, 0.4) is 0 Å². The van der Waals surface area contributed by atoms with Crippen LogP contribution in [0.4, 0.5) is 0 Å². The van der Waals surface area contributed by atoms with Gasteiger partial charge in [0.2, 0.25) is 11.8 Å². The van der Waals surface area contributed by atoms with E-state index in [2.05, 4.69) is 22.5 Å². The molecule has 178 valence electrons. The molecular formula is C25H34N4O4. The van der Waals surface area contributed by atoms with Gasteiger partial charge in [-0.25, -0.2) is 0 Å². The number of benzene rings is 1. The first kappa shape index (κ1) is 23.9. The van der Waals surface area contributed by atoms with Crippen molar-refractivity contribution in [3.8, 4) is 11.8 Å². The van der Waals surface area contributed by atoms with Crippen LogP contribution >= 0.6 is 0 Å². The number of amides is 2. The molecule has 1 saturated heterocycles. The highest BCUT2D eigenvalue weighted by molar-refractivity contribution is 6.00. The van der Waals surface area contributed by atoms with Gasteiger partial charge in [-0.05, 0) is 55.4 Å². The van der Waals surface area contributed by atoms with Crippen molar-refractivity contribution in [2.24, 2.45) is 5.73 Å². The highest BCUT2D eigenvalue weighted by atomic mass is 16.5. The third-order valence-corrected chi connectivity index (χ3v) is 6.75. The first-order valence-corrected chi connectivity index (χ1v) is 12.0. The van der Waals surface area contributed by atoms with Crippen LogP contribution in [0.1, 0.15) is 67.9 Å². The number of carbonyl (C=O) groups is 2. The number of nitrogens with zero attached hydrogens (tertiary/aromatic N) is 1. The lowest BCUT2D eigenvalue weighted by atomic mass is 9.92. The summed E-state index contributed by atoms with van der Waals surface area (Å²) in [6, 6.07) is 6.18. The number of ether oxygens (including phenoxy) is 1. The van der Waals surface area contributed by atoms with Crippen LogP contribution in [0, 0.1) is 11.8 Å². The number of aliphatic hydroxyl groups is 1. The van der Waals surface area contributed by atoms with Gasteiger partial charge in [0.25, 0.3) is 0 Å². The van der Waals surface area contributed by atoms with Gasteiger partial charge in [0.1, 0.15) is 6.23 Å². The van der Waals surface area contributed by atoms with E-state index in [0.717, 1.165) is 48.9 Å². The number of fused-ring (bicyclic) bond motifs is 1. The first-order valence-electron chi connectivity index (χ1n) is 12.0. The average molecular weight is 455 g/mol. The van der Waals surface area contributed by atoms with Gasteiger partial charge in [-0.2, -0.15) is 0 Å². The van der Waals surface area contributed by atoms with Crippen LogP contribution < -0.4 is 16.4 Å². The molecule has 0 spiro atoms. The summed E-state index contributed by atoms with van der Waals surface area (Å²) in [6.45, 7) is 2.58. The molecule has 33 heavy (non-hydrogen) atoms. The van der Waals surface area contributed by atoms with Crippen molar-refractivity contribution in [3.05, 3.63) is 34.9 Å². The van der Waals surface area contributed by atoms with Gasteiger partial charge in [0.15, 0.2) is 0 Å². The molecule has 8 nitrogen and oxygen atoms in total. The van der Waals surface area contributed by atoms with E-state index in [1.165, 1.54) is 0 Å². The van der Waals surface area contributed by atoms with Gasteiger partial charge >= 0.3 is 0 Å². The quantitative estimate of drug-likeness (QED) is 0.275. The van der Waals surface area contributed by atoms with Crippen molar-refractivity contribution in [1.29, 1.82) is 0 Å². The number of imide groups is 1. The molecule has 2 amide bonds. The van der Waals surface area contributed by atoms with Gasteiger partial charge in [0.05, 0.1) is 19.3 Å². The molecule has 0 bridgehead atoms. The van der Waals surface area contributed by atoms with E-state index in [-0.39, 0.29) is 11.8 Å². The Morgan fingerprint density at radius 1 is 1.18 bits per heavy atom. The van der Waals surface area contributed by atoms with Crippen molar-refractivity contribution in [3.63, 3.8) is 0 Å². The Balaban J connectivity index is 1.19. The fourth-order valence-electron chi connectivity index (χ4n) is 4.86. The van der Waals surface area contributed by atoms with E-state index >= 15 is 0 Å². The van der Waals surface area contributed by atoms with Crippen LogP contribution in [0.25, 0.3) is 0 Å². The van der Waals surface area contributed by atoms with E-state index in [1.54, 1.807) is 4.90 Å². The van der Waals surface area contributed by atoms with E-state index < -0.39 is 12.3 Å². The second kappa shape index (κ2) is 11.2. The number of nitrogens with two attached hydrogens (primary N) is 1. The molecule has 1 aromatic rings. The second-order valence-corrected chi connectivity index (χ2v) is 9.16. The largest absolute Gasteiger partial charge is 0.379 e. The predicted octanol–water partition coefficient (Wildman–Crippen LogP) is 0.916. The summed E-state index contributed by atoms with van der Waals surface area (Å²) in [5.74, 6) is 5.72. The lowest BCUT2D eigenvalue weighted by Crippen LogP contribution is -2.51. The second-order valence-electron chi connectivity index (χ2n) is 9.16. The fourth-order valence-corrected chi connectivity index (χ4v) is 4.86. The topological polar surface area (TPSA) is 117 Å². The van der Waals surface area contributed by atoms with Crippen LogP contribution in [0.15, 0.2) is 18.2 Å². The highest BCUT2D eigenvalue weighted by Crippen LogP contribution is 2.35. The lowest BCUT2D eigenvalue weighted by Gasteiger charge is -2.31. The number of carbonyl (C=O) groups excluding carboxylic acids is 2. The van der Waals surface area contributed by atoms with Gasteiger partial charge < -0.3 is 20.9 Å². The molecule has 0 aromatic heterocycles. The van der Waals surface area contributed by atoms with Crippen LogP contribution in [-0.2, 0) is 20.9 Å². The molecule has 2 unspecified atom stereocenters. The Kier molecular flexibility index (Phi) is 8.12. The van der Waals surface area contributed by atoms with Crippen molar-refractivity contribution >= 4 is 11.8 Å². The van der Waals surface area contributed by atoms with Crippen LogP contribution in [0.5, 0.6) is 0 Å². The lowest BCUT2D eigenvalue weighted by molar-refractivity contribution is -0.141. The fraction of sp³-hybridized carbons (Fsp3) is 0.600. The third kappa shape index (κ3) is 6.19. The summed E-state index contributed by atoms with van der Waals surface area (Å²) in [4.78, 5) is 25.3. The van der Waals surface area contributed by atoms with Gasteiger partial charge in [-0.1, -0.05) is 17.9 Å². The van der Waals surface area contributed by atoms with Gasteiger partial charge in [0, 0.05) is 43.6 Å². The van der Waals surface area contributed by atoms with Crippen LogP contribution in [-0.4, -0.2) is 59.7 Å². The highest BCUT2D eigenvalue weighted by Gasteiger charge is 2.39. The maximum Gasteiger partial charge on any atom is 0.244 e. The molecule has 2 atom stereocenters. The molecule has 2 heterocycles. The molecule has 1 aromatic carbocycles. The van der Waals surface area contributed by atoms with Crippen LogP contribution in [0.2, 0.25) is 0 Å². The Labute approximate surface area is 195 Å². The monoisotopic (exact) mass is 454 g/mol. The third-order valence-electron chi connectivity index (χ3n) is 6.75. The SMILES string of the molecule is N[C@H]1CC[C@H](NCCOCCC#Cc2ccc3c(c2)CN(C2CCC(=O)NC2=O)C3O)CC1. The summed E-state index contributed by atoms with van der Waals surface area (Å²) in [5.41, 5.74) is 8.57. The summed E-state index contributed by atoms with van der Waals surface area (Å²) >= 11 is 0. The van der Waals surface area contributed by atoms with E-state index in [1.807, 2.05) is 18.2 Å². The minimum absolute atomic E-state index is 0.255. The number of aliphatic hydroxyl groups excluding tert-OH is 1. The summed E-state index contributed by atoms with van der Waals surface area (Å²) < 4.78 is 5.68. The number of rotatable bonds is 7. The van der Waals surface area contributed by atoms with Crippen molar-refractivity contribution in [2.45, 2.75) is 75.8 Å². The molecular weight excluding hydrogens is 420 g/mol. The Morgan fingerprint density at radius 2 is 2.00 bits per heavy atom. The predicted molar refractivity (Wildman–Crippen MR) is 124 cm³/mol.